The van der Waals surface area contributed by atoms with Gasteiger partial charge in [0.25, 0.3) is 0 Å². The lowest BCUT2D eigenvalue weighted by Gasteiger charge is -2.19. The highest BCUT2D eigenvalue weighted by atomic mass is 16.2. The molecule has 0 aliphatic rings. The third-order valence-corrected chi connectivity index (χ3v) is 4.50. The number of carbonyl (C=O) groups excluding carboxylic acids is 1. The number of carbonyl (C=O) groups is 1. The van der Waals surface area contributed by atoms with Gasteiger partial charge in [-0.1, -0.05) is 48.5 Å². The number of para-hydroxylation sites is 1. The van der Waals surface area contributed by atoms with Gasteiger partial charge in [0.1, 0.15) is 0 Å². The van der Waals surface area contributed by atoms with E-state index in [4.69, 9.17) is 0 Å². The number of fused-ring (bicyclic) bond motifs is 1. The van der Waals surface area contributed by atoms with Gasteiger partial charge in [-0.3, -0.25) is 9.78 Å². The fourth-order valence-corrected chi connectivity index (χ4v) is 3.06. The van der Waals surface area contributed by atoms with Crippen molar-refractivity contribution in [3.8, 4) is 0 Å². The third kappa shape index (κ3) is 3.30. The highest BCUT2D eigenvalue weighted by molar-refractivity contribution is 5.86. The largest absolute Gasteiger partial charge is 0.341 e. The molecular weight excluding hydrogens is 296 g/mol. The van der Waals surface area contributed by atoms with Crippen LogP contribution in [-0.2, 0) is 17.8 Å². The second-order valence-electron chi connectivity index (χ2n) is 6.23. The van der Waals surface area contributed by atoms with Crippen LogP contribution in [0.25, 0.3) is 10.9 Å². The van der Waals surface area contributed by atoms with Crippen LogP contribution < -0.4 is 0 Å². The van der Waals surface area contributed by atoms with E-state index >= 15 is 0 Å². The van der Waals surface area contributed by atoms with Gasteiger partial charge in [0.15, 0.2) is 0 Å². The normalized spacial score (nSPS) is 10.8. The van der Waals surface area contributed by atoms with Crippen LogP contribution >= 0.6 is 0 Å². The maximum atomic E-state index is 12.7. The Morgan fingerprint density at radius 2 is 1.67 bits per heavy atom. The van der Waals surface area contributed by atoms with Crippen LogP contribution in [0, 0.1) is 13.8 Å². The van der Waals surface area contributed by atoms with Crippen LogP contribution in [0.5, 0.6) is 0 Å². The zero-order chi connectivity index (χ0) is 17.1. The fraction of sp³-hybridized carbons (Fsp3) is 0.238. The minimum absolute atomic E-state index is 0.113. The van der Waals surface area contributed by atoms with Gasteiger partial charge in [0.05, 0.1) is 11.9 Å². The summed E-state index contributed by atoms with van der Waals surface area (Å²) in [7, 11) is 1.86. The first-order chi connectivity index (χ1) is 11.6. The Morgan fingerprint density at radius 1 is 1.00 bits per heavy atom. The van der Waals surface area contributed by atoms with Crippen molar-refractivity contribution in [3.63, 3.8) is 0 Å². The maximum absolute atomic E-state index is 12.7. The molecule has 3 aromatic rings. The molecule has 0 spiro atoms. The molecule has 3 nitrogen and oxygen atoms in total. The van der Waals surface area contributed by atoms with E-state index in [-0.39, 0.29) is 5.91 Å². The first-order valence-corrected chi connectivity index (χ1v) is 8.19. The van der Waals surface area contributed by atoms with Crippen molar-refractivity contribution in [1.29, 1.82) is 0 Å². The van der Waals surface area contributed by atoms with E-state index in [0.29, 0.717) is 13.0 Å². The Bertz CT molecular complexity index is 872. The lowest BCUT2D eigenvalue weighted by atomic mass is 9.99. The minimum Gasteiger partial charge on any atom is -0.341 e. The van der Waals surface area contributed by atoms with Gasteiger partial charge in [-0.05, 0) is 36.6 Å². The summed E-state index contributed by atoms with van der Waals surface area (Å²) in [6.07, 6.45) is 0.388. The lowest BCUT2D eigenvalue weighted by molar-refractivity contribution is -0.129. The molecular formula is C21H22N2O. The summed E-state index contributed by atoms with van der Waals surface area (Å²) < 4.78 is 0. The Kier molecular flexibility index (Phi) is 4.61. The molecule has 0 fully saturated rings. The lowest BCUT2D eigenvalue weighted by Crippen LogP contribution is -2.28. The van der Waals surface area contributed by atoms with Gasteiger partial charge in [0.2, 0.25) is 5.91 Å². The number of benzene rings is 2. The van der Waals surface area contributed by atoms with Crippen LogP contribution in [0.15, 0.2) is 54.6 Å². The van der Waals surface area contributed by atoms with E-state index in [2.05, 4.69) is 18.0 Å². The molecule has 0 atom stereocenters. The van der Waals surface area contributed by atoms with Crippen molar-refractivity contribution in [3.05, 3.63) is 77.0 Å². The topological polar surface area (TPSA) is 33.2 Å². The number of aromatic nitrogens is 1. The SMILES string of the molecule is Cc1nc2ccccc2c(C)c1CC(=O)N(C)Cc1ccccc1. The summed E-state index contributed by atoms with van der Waals surface area (Å²) in [4.78, 5) is 19.1. The first-order valence-electron chi connectivity index (χ1n) is 8.19. The van der Waals surface area contributed by atoms with E-state index in [0.717, 1.165) is 33.3 Å². The Labute approximate surface area is 143 Å². The predicted molar refractivity (Wildman–Crippen MR) is 97.8 cm³/mol. The summed E-state index contributed by atoms with van der Waals surface area (Å²) in [5, 5.41) is 1.12. The minimum atomic E-state index is 0.113. The van der Waals surface area contributed by atoms with E-state index in [1.54, 1.807) is 4.90 Å². The van der Waals surface area contributed by atoms with E-state index in [1.165, 1.54) is 0 Å². The summed E-state index contributed by atoms with van der Waals surface area (Å²) >= 11 is 0. The molecule has 0 saturated heterocycles. The second-order valence-corrected chi connectivity index (χ2v) is 6.23. The van der Waals surface area contributed by atoms with Crippen molar-refractivity contribution in [2.45, 2.75) is 26.8 Å². The van der Waals surface area contributed by atoms with Crippen LogP contribution in [-0.4, -0.2) is 22.8 Å². The first kappa shape index (κ1) is 16.2. The van der Waals surface area contributed by atoms with Gasteiger partial charge in [0, 0.05) is 24.7 Å². The zero-order valence-electron chi connectivity index (χ0n) is 14.4. The molecule has 0 bridgehead atoms. The number of hydrogen-bond donors (Lipinski definition) is 0. The highest BCUT2D eigenvalue weighted by Gasteiger charge is 2.16. The number of likely N-dealkylation sites (N-methyl/N-ethyl adjacent to an activating group) is 1. The number of aryl methyl sites for hydroxylation is 2. The summed E-state index contributed by atoms with van der Waals surface area (Å²) in [5.74, 6) is 0.113. The van der Waals surface area contributed by atoms with Crippen LogP contribution in [0.2, 0.25) is 0 Å². The fourth-order valence-electron chi connectivity index (χ4n) is 3.06. The standard InChI is InChI=1S/C21H22N2O/c1-15-18-11-7-8-12-20(18)22-16(2)19(15)13-21(24)23(3)14-17-9-5-4-6-10-17/h4-12H,13-14H2,1-3H3. The molecule has 1 heterocycles. The Hall–Kier alpha value is -2.68. The number of amides is 1. The third-order valence-electron chi connectivity index (χ3n) is 4.50. The molecule has 0 aliphatic heterocycles. The Balaban J connectivity index is 1.82. The van der Waals surface area contributed by atoms with Crippen molar-refractivity contribution in [2.75, 3.05) is 7.05 Å². The number of pyridine rings is 1. The number of nitrogens with zero attached hydrogens (tertiary/aromatic N) is 2. The summed E-state index contributed by atoms with van der Waals surface area (Å²) in [5.41, 5.74) is 5.26. The monoisotopic (exact) mass is 318 g/mol. The van der Waals surface area contributed by atoms with Crippen molar-refractivity contribution < 1.29 is 4.79 Å². The van der Waals surface area contributed by atoms with Gasteiger partial charge in [-0.25, -0.2) is 0 Å². The molecule has 0 unspecified atom stereocenters. The number of hydrogen-bond acceptors (Lipinski definition) is 2. The van der Waals surface area contributed by atoms with Crippen molar-refractivity contribution in [1.82, 2.24) is 9.88 Å². The van der Waals surface area contributed by atoms with Crippen LogP contribution in [0.4, 0.5) is 0 Å². The van der Waals surface area contributed by atoms with Crippen molar-refractivity contribution >= 4 is 16.8 Å². The smallest absolute Gasteiger partial charge is 0.227 e. The highest BCUT2D eigenvalue weighted by Crippen LogP contribution is 2.23. The summed E-state index contributed by atoms with van der Waals surface area (Å²) in [6, 6.07) is 18.1. The van der Waals surface area contributed by atoms with E-state index in [9.17, 15) is 4.79 Å². The van der Waals surface area contributed by atoms with Gasteiger partial charge >= 0.3 is 0 Å². The van der Waals surface area contributed by atoms with Crippen LogP contribution in [0.3, 0.4) is 0 Å². The molecule has 3 rings (SSSR count). The molecule has 1 amide bonds. The molecule has 24 heavy (non-hydrogen) atoms. The molecule has 0 N–H and O–H groups in total. The van der Waals surface area contributed by atoms with E-state index in [1.807, 2.05) is 62.5 Å². The molecule has 0 radical (unpaired) electrons. The van der Waals surface area contributed by atoms with Gasteiger partial charge < -0.3 is 4.90 Å². The molecule has 2 aromatic carbocycles. The maximum Gasteiger partial charge on any atom is 0.227 e. The molecule has 1 aromatic heterocycles. The van der Waals surface area contributed by atoms with Gasteiger partial charge in [-0.15, -0.1) is 0 Å². The average Bonchev–Trinajstić information content (AvgIpc) is 2.59. The van der Waals surface area contributed by atoms with Crippen LogP contribution in [0.1, 0.15) is 22.4 Å². The Morgan fingerprint density at radius 3 is 2.42 bits per heavy atom. The quantitative estimate of drug-likeness (QED) is 0.727. The second kappa shape index (κ2) is 6.83. The average molecular weight is 318 g/mol. The number of rotatable bonds is 4. The molecule has 0 saturated carbocycles. The zero-order valence-corrected chi connectivity index (χ0v) is 14.4. The predicted octanol–water partition coefficient (Wildman–Crippen LogP) is 4.05. The summed E-state index contributed by atoms with van der Waals surface area (Å²) in [6.45, 7) is 4.69. The van der Waals surface area contributed by atoms with Gasteiger partial charge in [-0.2, -0.15) is 0 Å². The molecule has 0 aliphatic carbocycles. The molecule has 122 valence electrons. The van der Waals surface area contributed by atoms with E-state index < -0.39 is 0 Å². The van der Waals surface area contributed by atoms with Crippen molar-refractivity contribution in [2.24, 2.45) is 0 Å². The molecule has 3 heteroatoms.